The molecule has 356 valence electrons. The number of ether oxygens (including phenoxy) is 7. The van der Waals surface area contributed by atoms with Crippen LogP contribution in [0.25, 0.3) is 0 Å². The molecule has 19 heteroatoms. The highest BCUT2D eigenvalue weighted by Gasteiger charge is 2.68. The zero-order chi connectivity index (χ0) is 44.8. The lowest BCUT2D eigenvalue weighted by molar-refractivity contribution is -0.405. The van der Waals surface area contributed by atoms with Gasteiger partial charge in [-0.2, -0.15) is 0 Å². The van der Waals surface area contributed by atoms with Gasteiger partial charge in [0, 0.05) is 18.9 Å². The molecule has 26 atom stereocenters. The number of aliphatic hydroxyl groups is 12. The van der Waals surface area contributed by atoms with E-state index in [0.29, 0.717) is 43.4 Å². The Morgan fingerprint density at radius 2 is 1.37 bits per heavy atom. The van der Waals surface area contributed by atoms with Crippen LogP contribution in [0.3, 0.4) is 0 Å². The van der Waals surface area contributed by atoms with Crippen molar-refractivity contribution >= 4 is 0 Å². The molecule has 12 unspecified atom stereocenters. The average molecular weight is 891 g/mol. The third-order valence-corrected chi connectivity index (χ3v) is 16.9. The summed E-state index contributed by atoms with van der Waals surface area (Å²) in [6, 6.07) is 0. The Bertz CT molecular complexity index is 1590. The first kappa shape index (κ1) is 47.5. The lowest BCUT2D eigenvalue weighted by atomic mass is 9.47. The molecule has 0 aromatic heterocycles. The molecule has 4 heterocycles. The predicted octanol–water partition coefficient (Wildman–Crippen LogP) is -1.94. The zero-order valence-electron chi connectivity index (χ0n) is 35.9. The van der Waals surface area contributed by atoms with Crippen LogP contribution in [0.15, 0.2) is 11.6 Å². The zero-order valence-corrected chi connectivity index (χ0v) is 35.9. The van der Waals surface area contributed by atoms with Gasteiger partial charge in [0.2, 0.25) is 0 Å². The maximum Gasteiger partial charge on any atom is 0.189 e. The summed E-state index contributed by atoms with van der Waals surface area (Å²) < 4.78 is 41.5. The minimum absolute atomic E-state index is 0.0151. The molecule has 3 saturated carbocycles. The highest BCUT2D eigenvalue weighted by Crippen LogP contribution is 2.70. The number of aliphatic hydroxyl groups excluding tert-OH is 11. The fraction of sp³-hybridized carbons (Fsp3) is 0.953. The molecule has 4 saturated heterocycles. The maximum absolute atomic E-state index is 11.9. The quantitative estimate of drug-likeness (QED) is 0.100. The van der Waals surface area contributed by atoms with Gasteiger partial charge in [0.25, 0.3) is 0 Å². The van der Waals surface area contributed by atoms with Crippen molar-refractivity contribution in [2.45, 2.75) is 196 Å². The standard InChI is InChI=1S/C43H70O19/c1-17(15-44)7-12-43(55)18(2)26-24(62-43)14-23-21-6-5-19-13-20(8-10-41(19,3)22(21)9-11-42(23,26)4)56-40-35(59-39-32(51)28(47)30(49)37(54)61-39)33(52)34(25(16-45)57-40)58-38-31(50)27(46)29(48)36(53)60-38/h5,17-18,20-40,44-55H,6-16H2,1-4H3/t17-,18+,20?,21-,22+,23+,24?,25?,26-,27?,28?,29-,30-,31?,32?,33?,34-,35?,36?,37?,38-,39-,40-,41+,42+,43?/m1/s1. The van der Waals surface area contributed by atoms with Crippen molar-refractivity contribution in [2.24, 2.45) is 46.3 Å². The Morgan fingerprint density at radius 3 is 1.98 bits per heavy atom. The van der Waals surface area contributed by atoms with Crippen LogP contribution in [0.1, 0.15) is 85.5 Å². The molecule has 8 aliphatic rings. The van der Waals surface area contributed by atoms with E-state index in [1.54, 1.807) is 0 Å². The van der Waals surface area contributed by atoms with Crippen molar-refractivity contribution in [3.63, 3.8) is 0 Å². The molecule has 12 N–H and O–H groups in total. The first-order valence-corrected chi connectivity index (χ1v) is 22.6. The second-order valence-electron chi connectivity index (χ2n) is 20.3. The van der Waals surface area contributed by atoms with Gasteiger partial charge in [0.15, 0.2) is 37.2 Å². The normalized spacial score (nSPS) is 55.7. The van der Waals surface area contributed by atoms with E-state index < -0.39 is 111 Å². The minimum atomic E-state index is -1.98. The number of fused-ring (bicyclic) bond motifs is 7. The highest BCUT2D eigenvalue weighted by atomic mass is 16.8. The van der Waals surface area contributed by atoms with Gasteiger partial charge in [0.05, 0.1) is 18.8 Å². The van der Waals surface area contributed by atoms with Gasteiger partial charge in [-0.25, -0.2) is 0 Å². The summed E-state index contributed by atoms with van der Waals surface area (Å²) in [5.74, 6) is 0.378. The summed E-state index contributed by atoms with van der Waals surface area (Å²) in [6.07, 6.45) is -18.2. The topological polar surface area (TPSA) is 307 Å². The molecule has 7 fully saturated rings. The van der Waals surface area contributed by atoms with Crippen LogP contribution >= 0.6 is 0 Å². The SMILES string of the molecule is C[C@@H](CO)CCC1(O)OC2C[C@H]3[C@@H]4CC=C5CC(O[C@@H]6OC(CO)[C@@H](O[C@@H]7OC(O)[C@H](O)C(O)C7O)C(O)C6O[C@@H]6OC(O)[C@H](O)C(O)C6O)CC[C@]5(C)[C@H]4CC[C@]3(C)[C@@H]2[C@@H]1C. The lowest BCUT2D eigenvalue weighted by Gasteiger charge is -2.58. The Morgan fingerprint density at radius 1 is 0.742 bits per heavy atom. The number of rotatable bonds is 11. The summed E-state index contributed by atoms with van der Waals surface area (Å²) in [5.41, 5.74) is 1.14. The molecule has 4 aliphatic carbocycles. The number of allylic oxidation sites excluding steroid dienone is 1. The summed E-state index contributed by atoms with van der Waals surface area (Å²) >= 11 is 0. The van der Waals surface area contributed by atoms with Crippen LogP contribution in [0.2, 0.25) is 0 Å². The molecule has 8 rings (SSSR count). The third kappa shape index (κ3) is 8.05. The fourth-order valence-electron chi connectivity index (χ4n) is 13.1. The molecule has 0 aromatic carbocycles. The monoisotopic (exact) mass is 890 g/mol. The van der Waals surface area contributed by atoms with Crippen LogP contribution in [0, 0.1) is 46.3 Å². The van der Waals surface area contributed by atoms with Crippen molar-refractivity contribution in [3.8, 4) is 0 Å². The second kappa shape index (κ2) is 17.9. The van der Waals surface area contributed by atoms with E-state index in [1.807, 2.05) is 6.92 Å². The molecule has 0 spiro atoms. The fourth-order valence-corrected chi connectivity index (χ4v) is 13.1. The van der Waals surface area contributed by atoms with Crippen molar-refractivity contribution < 1.29 is 94.4 Å². The summed E-state index contributed by atoms with van der Waals surface area (Å²) in [7, 11) is 0. The first-order chi connectivity index (χ1) is 29.3. The molecule has 0 aromatic rings. The van der Waals surface area contributed by atoms with Crippen molar-refractivity contribution in [3.05, 3.63) is 11.6 Å². The summed E-state index contributed by atoms with van der Waals surface area (Å²) in [4.78, 5) is 0. The van der Waals surface area contributed by atoms with Gasteiger partial charge in [-0.05, 0) is 91.8 Å². The number of hydrogen-bond donors (Lipinski definition) is 12. The van der Waals surface area contributed by atoms with Crippen LogP contribution in [0.5, 0.6) is 0 Å². The lowest BCUT2D eigenvalue weighted by Crippen LogP contribution is -2.67. The Kier molecular flexibility index (Phi) is 13.7. The van der Waals surface area contributed by atoms with Crippen LogP contribution in [-0.2, 0) is 33.2 Å². The maximum atomic E-state index is 11.9. The van der Waals surface area contributed by atoms with Crippen molar-refractivity contribution in [1.29, 1.82) is 0 Å². The van der Waals surface area contributed by atoms with Crippen LogP contribution < -0.4 is 0 Å². The van der Waals surface area contributed by atoms with E-state index in [1.165, 1.54) is 5.57 Å². The van der Waals surface area contributed by atoms with E-state index in [-0.39, 0.29) is 41.3 Å². The highest BCUT2D eigenvalue weighted by molar-refractivity contribution is 5.26. The Balaban J connectivity index is 0.982. The summed E-state index contributed by atoms with van der Waals surface area (Å²) in [5, 5.41) is 126. The first-order valence-electron chi connectivity index (χ1n) is 22.6. The molecule has 4 aliphatic heterocycles. The molecular formula is C43H70O19. The Labute approximate surface area is 361 Å². The van der Waals surface area contributed by atoms with Gasteiger partial charge in [-0.1, -0.05) is 39.3 Å². The van der Waals surface area contributed by atoms with Crippen LogP contribution in [0.4, 0.5) is 0 Å². The molecule has 0 radical (unpaired) electrons. The summed E-state index contributed by atoms with van der Waals surface area (Å²) in [6.45, 7) is 8.17. The average Bonchev–Trinajstić information content (AvgIpc) is 3.68. The predicted molar refractivity (Wildman–Crippen MR) is 209 cm³/mol. The molecule has 62 heavy (non-hydrogen) atoms. The number of hydrogen-bond acceptors (Lipinski definition) is 19. The van der Waals surface area contributed by atoms with Gasteiger partial charge in [0.1, 0.15) is 61.0 Å². The van der Waals surface area contributed by atoms with Gasteiger partial charge in [-0.15, -0.1) is 0 Å². The molecular weight excluding hydrogens is 820 g/mol. The molecule has 0 amide bonds. The van der Waals surface area contributed by atoms with Gasteiger partial charge >= 0.3 is 0 Å². The van der Waals surface area contributed by atoms with Gasteiger partial charge in [-0.3, -0.25) is 0 Å². The third-order valence-electron chi connectivity index (χ3n) is 16.9. The van der Waals surface area contributed by atoms with E-state index >= 15 is 0 Å². The largest absolute Gasteiger partial charge is 0.396 e. The molecule has 19 nitrogen and oxygen atoms in total. The van der Waals surface area contributed by atoms with E-state index in [0.717, 1.165) is 32.1 Å². The van der Waals surface area contributed by atoms with E-state index in [9.17, 15) is 61.3 Å². The smallest absolute Gasteiger partial charge is 0.189 e. The van der Waals surface area contributed by atoms with E-state index in [4.69, 9.17) is 33.2 Å². The minimum Gasteiger partial charge on any atom is -0.396 e. The van der Waals surface area contributed by atoms with Crippen molar-refractivity contribution in [2.75, 3.05) is 13.2 Å². The van der Waals surface area contributed by atoms with E-state index in [2.05, 4.69) is 26.8 Å². The Hall–Kier alpha value is -1.02. The van der Waals surface area contributed by atoms with Gasteiger partial charge < -0.3 is 94.4 Å². The molecule has 0 bridgehead atoms. The van der Waals surface area contributed by atoms with Crippen molar-refractivity contribution in [1.82, 2.24) is 0 Å². The van der Waals surface area contributed by atoms with Crippen LogP contribution in [-0.4, -0.2) is 185 Å². The second-order valence-corrected chi connectivity index (χ2v) is 20.3.